The fourth-order valence-electron chi connectivity index (χ4n) is 4.08. The highest BCUT2D eigenvalue weighted by Gasteiger charge is 2.49. The number of nitrogens with zero attached hydrogens (tertiary/aromatic N) is 1. The third-order valence-corrected chi connectivity index (χ3v) is 5.13. The van der Waals surface area contributed by atoms with Crippen molar-refractivity contribution in [3.05, 3.63) is 53.7 Å². The van der Waals surface area contributed by atoms with Crippen LogP contribution in [0.2, 0.25) is 0 Å². The number of pyridine rings is 1. The Bertz CT molecular complexity index is 706. The minimum Gasteiger partial charge on any atom is -0.299 e. The number of ketones is 1. The van der Waals surface area contributed by atoms with E-state index in [2.05, 4.69) is 30.1 Å². The van der Waals surface area contributed by atoms with Gasteiger partial charge in [-0.25, -0.2) is 0 Å². The van der Waals surface area contributed by atoms with Gasteiger partial charge in [0.15, 0.2) is 0 Å². The van der Waals surface area contributed by atoms with Crippen LogP contribution in [0.15, 0.2) is 42.6 Å². The van der Waals surface area contributed by atoms with E-state index in [-0.39, 0.29) is 11.3 Å². The van der Waals surface area contributed by atoms with Crippen molar-refractivity contribution in [3.63, 3.8) is 0 Å². The molecule has 0 radical (unpaired) electrons. The normalized spacial score (nSPS) is 27.4. The van der Waals surface area contributed by atoms with E-state index in [9.17, 15) is 4.79 Å². The summed E-state index contributed by atoms with van der Waals surface area (Å²) in [5.41, 5.74) is 4.25. The Morgan fingerprint density at radius 3 is 2.95 bits per heavy atom. The maximum absolute atomic E-state index is 12.7. The van der Waals surface area contributed by atoms with Crippen molar-refractivity contribution < 1.29 is 4.79 Å². The van der Waals surface area contributed by atoms with Crippen molar-refractivity contribution >= 4 is 5.78 Å². The van der Waals surface area contributed by atoms with Gasteiger partial charge in [0.2, 0.25) is 0 Å². The highest BCUT2D eigenvalue weighted by atomic mass is 16.1. The fraction of sp³-hybridized carbons (Fsp3) is 0.333. The Labute approximate surface area is 118 Å². The summed E-state index contributed by atoms with van der Waals surface area (Å²) in [6, 6.07) is 12.4. The fourth-order valence-corrected chi connectivity index (χ4v) is 4.08. The van der Waals surface area contributed by atoms with Crippen LogP contribution < -0.4 is 0 Å². The Morgan fingerprint density at radius 1 is 1.20 bits per heavy atom. The number of carbonyl (C=O) groups is 1. The zero-order valence-corrected chi connectivity index (χ0v) is 11.6. The summed E-state index contributed by atoms with van der Waals surface area (Å²) in [4.78, 5) is 17.3. The van der Waals surface area contributed by atoms with Gasteiger partial charge in [-0.15, -0.1) is 0 Å². The molecular formula is C18H17NO. The van der Waals surface area contributed by atoms with Gasteiger partial charge in [0.05, 0.1) is 11.1 Å². The molecule has 0 amide bonds. The van der Waals surface area contributed by atoms with Gasteiger partial charge in [0, 0.05) is 24.1 Å². The molecule has 1 aromatic carbocycles. The topological polar surface area (TPSA) is 30.0 Å². The quantitative estimate of drug-likeness (QED) is 0.722. The Balaban J connectivity index is 2.08. The number of fused-ring (bicyclic) bond motifs is 6. The van der Waals surface area contributed by atoms with Crippen LogP contribution in [0.4, 0.5) is 0 Å². The zero-order valence-electron chi connectivity index (χ0n) is 11.6. The summed E-state index contributed by atoms with van der Waals surface area (Å²) >= 11 is 0. The van der Waals surface area contributed by atoms with Crippen LogP contribution in [0.25, 0.3) is 11.3 Å². The zero-order chi connectivity index (χ0) is 13.7. The van der Waals surface area contributed by atoms with Crippen molar-refractivity contribution in [1.82, 2.24) is 4.98 Å². The lowest BCUT2D eigenvalue weighted by molar-refractivity contribution is -0.126. The van der Waals surface area contributed by atoms with Gasteiger partial charge < -0.3 is 0 Å². The second kappa shape index (κ2) is 4.02. The van der Waals surface area contributed by atoms with Crippen molar-refractivity contribution in [2.75, 3.05) is 0 Å². The first-order valence-electron chi connectivity index (χ1n) is 7.31. The van der Waals surface area contributed by atoms with Crippen LogP contribution in [0, 0.1) is 0 Å². The van der Waals surface area contributed by atoms with Crippen LogP contribution in [0.5, 0.6) is 0 Å². The predicted molar refractivity (Wildman–Crippen MR) is 78.6 cm³/mol. The monoisotopic (exact) mass is 263 g/mol. The SMILES string of the molecule is C[C@@]12C(=O)CCC[C@H]1c1cccnc1-c1ccccc12. The highest BCUT2D eigenvalue weighted by Crippen LogP contribution is 2.54. The second-order valence-corrected chi connectivity index (χ2v) is 6.06. The molecular weight excluding hydrogens is 246 g/mol. The third-order valence-electron chi connectivity index (χ3n) is 5.13. The lowest BCUT2D eigenvalue weighted by atomic mass is 9.57. The molecule has 0 spiro atoms. The van der Waals surface area contributed by atoms with Gasteiger partial charge in [-0.3, -0.25) is 9.78 Å². The van der Waals surface area contributed by atoms with E-state index >= 15 is 0 Å². The van der Waals surface area contributed by atoms with Crippen LogP contribution in [0.3, 0.4) is 0 Å². The molecule has 2 aliphatic rings. The van der Waals surface area contributed by atoms with E-state index in [4.69, 9.17) is 0 Å². The van der Waals surface area contributed by atoms with Gasteiger partial charge in [0.25, 0.3) is 0 Å². The molecule has 1 aromatic heterocycles. The van der Waals surface area contributed by atoms with Crippen molar-refractivity contribution in [2.24, 2.45) is 0 Å². The number of carbonyl (C=O) groups excluding carboxylic acids is 1. The van der Waals surface area contributed by atoms with Crippen molar-refractivity contribution in [1.29, 1.82) is 0 Å². The Hall–Kier alpha value is -1.96. The molecule has 2 heteroatoms. The lowest BCUT2D eigenvalue weighted by Crippen LogP contribution is -2.44. The first-order valence-corrected chi connectivity index (χ1v) is 7.31. The number of hydrogen-bond acceptors (Lipinski definition) is 2. The largest absolute Gasteiger partial charge is 0.299 e. The molecule has 0 saturated heterocycles. The molecule has 2 aliphatic carbocycles. The minimum absolute atomic E-state index is 0.280. The van der Waals surface area contributed by atoms with E-state index in [0.717, 1.165) is 24.1 Å². The number of benzene rings is 1. The Morgan fingerprint density at radius 2 is 2.05 bits per heavy atom. The van der Waals surface area contributed by atoms with Gasteiger partial charge in [-0.05, 0) is 37.0 Å². The van der Waals surface area contributed by atoms with Gasteiger partial charge >= 0.3 is 0 Å². The van der Waals surface area contributed by atoms with Crippen LogP contribution in [-0.4, -0.2) is 10.8 Å². The summed E-state index contributed by atoms with van der Waals surface area (Å²) in [5, 5.41) is 0. The second-order valence-electron chi connectivity index (χ2n) is 6.06. The summed E-state index contributed by atoms with van der Waals surface area (Å²) < 4.78 is 0. The molecule has 4 rings (SSSR count). The average molecular weight is 263 g/mol. The summed E-state index contributed by atoms with van der Waals surface area (Å²) in [6.45, 7) is 2.13. The first-order chi connectivity index (χ1) is 9.73. The molecule has 0 bridgehead atoms. The molecule has 2 atom stereocenters. The average Bonchev–Trinajstić information content (AvgIpc) is 2.50. The van der Waals surface area contributed by atoms with Gasteiger partial charge in [-0.2, -0.15) is 0 Å². The van der Waals surface area contributed by atoms with E-state index in [1.165, 1.54) is 11.1 Å². The summed E-state index contributed by atoms with van der Waals surface area (Å²) in [7, 11) is 0. The van der Waals surface area contributed by atoms with Gasteiger partial charge in [-0.1, -0.05) is 30.3 Å². The van der Waals surface area contributed by atoms with E-state index < -0.39 is 0 Å². The first kappa shape index (κ1) is 11.8. The molecule has 20 heavy (non-hydrogen) atoms. The standard InChI is InChI=1S/C18H17NO/c1-18-14-8-3-2-6-12(14)17-13(7-5-11-19-17)15(18)9-4-10-16(18)20/h2-3,5-8,11,15H,4,9-10H2,1H3/t15-,18-/m0/s1. The van der Waals surface area contributed by atoms with Crippen LogP contribution in [-0.2, 0) is 10.2 Å². The predicted octanol–water partition coefficient (Wildman–Crippen LogP) is 3.86. The van der Waals surface area contributed by atoms with Crippen LogP contribution >= 0.6 is 0 Å². The number of Topliss-reactive ketones (excluding diaryl/α,β-unsaturated/α-hetero) is 1. The molecule has 1 saturated carbocycles. The van der Waals surface area contributed by atoms with Crippen molar-refractivity contribution in [3.8, 4) is 11.3 Å². The van der Waals surface area contributed by atoms with Crippen molar-refractivity contribution in [2.45, 2.75) is 37.5 Å². The smallest absolute Gasteiger partial charge is 0.143 e. The molecule has 100 valence electrons. The number of hydrogen-bond donors (Lipinski definition) is 0. The third kappa shape index (κ3) is 1.34. The van der Waals surface area contributed by atoms with Gasteiger partial charge in [0.1, 0.15) is 5.78 Å². The maximum atomic E-state index is 12.7. The van der Waals surface area contributed by atoms with Crippen LogP contribution in [0.1, 0.15) is 43.2 Å². The molecule has 0 N–H and O–H groups in total. The molecule has 1 fully saturated rings. The van der Waals surface area contributed by atoms with E-state index in [1.54, 1.807) is 0 Å². The summed E-state index contributed by atoms with van der Waals surface area (Å²) in [5.74, 6) is 0.665. The Kier molecular flexibility index (Phi) is 2.38. The molecule has 2 nitrogen and oxygen atoms in total. The number of rotatable bonds is 0. The minimum atomic E-state index is -0.370. The summed E-state index contributed by atoms with van der Waals surface area (Å²) in [6.07, 6.45) is 4.63. The lowest BCUT2D eigenvalue weighted by Gasteiger charge is -2.45. The molecule has 0 aliphatic heterocycles. The van der Waals surface area contributed by atoms with E-state index in [1.807, 2.05) is 24.4 Å². The maximum Gasteiger partial charge on any atom is 0.143 e. The molecule has 0 unspecified atom stereocenters. The van der Waals surface area contributed by atoms with E-state index in [0.29, 0.717) is 12.2 Å². The molecule has 2 aromatic rings. The highest BCUT2D eigenvalue weighted by molar-refractivity contribution is 5.96. The molecule has 1 heterocycles. The number of aromatic nitrogens is 1.